The van der Waals surface area contributed by atoms with E-state index in [-0.39, 0.29) is 0 Å². The van der Waals surface area contributed by atoms with Crippen molar-refractivity contribution in [3.8, 4) is 5.69 Å². The Hall–Kier alpha value is -13.2. The predicted molar refractivity (Wildman–Crippen MR) is 527 cm³/mol. The van der Waals surface area contributed by atoms with E-state index in [1.54, 1.807) is 56.4 Å². The van der Waals surface area contributed by atoms with Gasteiger partial charge in [-0.25, -0.2) is 44.9 Å². The van der Waals surface area contributed by atoms with Crippen LogP contribution >= 0.6 is 0 Å². The van der Waals surface area contributed by atoms with Gasteiger partial charge >= 0.3 is 0 Å². The van der Waals surface area contributed by atoms with Gasteiger partial charge in [-0.3, -0.25) is 10.1 Å². The Kier molecular flexibility index (Phi) is 41.9. The molecule has 21 heteroatoms. The van der Waals surface area contributed by atoms with Gasteiger partial charge in [0.1, 0.15) is 47.4 Å². The zero-order chi connectivity index (χ0) is 90.6. The van der Waals surface area contributed by atoms with E-state index in [1.807, 2.05) is 199 Å². The van der Waals surface area contributed by atoms with Crippen LogP contribution < -0.4 is 22.9 Å². The molecule has 11 heterocycles. The van der Waals surface area contributed by atoms with Crippen LogP contribution in [0.5, 0.6) is 0 Å². The Labute approximate surface area is 742 Å². The van der Waals surface area contributed by atoms with Crippen molar-refractivity contribution in [2.24, 2.45) is 21.1 Å². The lowest BCUT2D eigenvalue weighted by molar-refractivity contribution is 0.617. The van der Waals surface area contributed by atoms with Gasteiger partial charge in [0.25, 0.3) is 0 Å². The fraction of sp³-hybridized carbons (Fsp3) is 0.337. The molecule has 0 saturated heterocycles. The van der Waals surface area contributed by atoms with Gasteiger partial charge in [-0.05, 0) is 164 Å². The second kappa shape index (κ2) is 53.0. The Bertz CT molecular complexity index is 5470. The van der Waals surface area contributed by atoms with Crippen LogP contribution in [0.25, 0.3) is 60.9 Å². The number of hydrogen-bond donors (Lipinski definition) is 6. The number of anilines is 4. The predicted octanol–water partition coefficient (Wildman–Crippen LogP) is 24.8. The summed E-state index contributed by atoms with van der Waals surface area (Å²) in [5, 5.41) is 6.21. The summed E-state index contributed by atoms with van der Waals surface area (Å²) in [5.41, 5.74) is 51.8. The lowest BCUT2D eigenvalue weighted by Crippen LogP contribution is -2.10. The number of nitrogens with one attached hydrogen (secondary N) is 2. The van der Waals surface area contributed by atoms with E-state index in [0.717, 1.165) is 73.7 Å². The molecule has 658 valence electrons. The third-order valence-electron chi connectivity index (χ3n) is 21.4. The van der Waals surface area contributed by atoms with E-state index in [1.165, 1.54) is 131 Å². The van der Waals surface area contributed by atoms with Crippen LogP contribution in [0.2, 0.25) is 0 Å². The van der Waals surface area contributed by atoms with Gasteiger partial charge in [-0.15, -0.1) is 0 Å². The minimum atomic E-state index is 0.349. The second-order valence-corrected chi connectivity index (χ2v) is 28.0. The van der Waals surface area contributed by atoms with Gasteiger partial charge < -0.3 is 46.2 Å². The molecule has 0 fully saturated rings. The number of nitrogen functional groups attached to an aromatic ring is 4. The maximum atomic E-state index is 6.26. The number of aromatic nitrogens is 17. The first-order valence-electron chi connectivity index (χ1n) is 45.4. The molecular weight excluding hydrogens is 1540 g/mol. The van der Waals surface area contributed by atoms with E-state index in [0.29, 0.717) is 46.9 Å². The van der Waals surface area contributed by atoms with Crippen molar-refractivity contribution >= 4 is 78.4 Å². The average molecular weight is 1680 g/mol. The molecule has 0 spiro atoms. The summed E-state index contributed by atoms with van der Waals surface area (Å²) in [4.78, 5) is 45.6. The molecule has 125 heavy (non-hydrogen) atoms. The zero-order valence-corrected chi connectivity index (χ0v) is 77.6. The fourth-order valence-corrected chi connectivity index (χ4v) is 16.5. The summed E-state index contributed by atoms with van der Waals surface area (Å²) in [6, 6.07) is 60.8. The lowest BCUT2D eigenvalue weighted by Gasteiger charge is -2.25. The molecule has 11 aromatic heterocycles. The molecule has 0 radical (unpaired) electrons. The highest BCUT2D eigenvalue weighted by Crippen LogP contribution is 2.45. The minimum absolute atomic E-state index is 0.349. The molecule has 17 aromatic rings. The second-order valence-electron chi connectivity index (χ2n) is 28.0. The van der Waals surface area contributed by atoms with Crippen LogP contribution in [0.4, 0.5) is 23.3 Å². The molecule has 4 atom stereocenters. The molecule has 6 aromatic carbocycles. The van der Waals surface area contributed by atoms with Crippen molar-refractivity contribution in [1.82, 2.24) is 83.3 Å². The van der Waals surface area contributed by atoms with Crippen molar-refractivity contribution < 1.29 is 0 Å². The van der Waals surface area contributed by atoms with E-state index < -0.39 is 0 Å². The van der Waals surface area contributed by atoms with Crippen molar-refractivity contribution in [3.63, 3.8) is 0 Å². The van der Waals surface area contributed by atoms with Crippen molar-refractivity contribution in [3.05, 3.63) is 324 Å². The van der Waals surface area contributed by atoms with Gasteiger partial charge in [0, 0.05) is 122 Å². The van der Waals surface area contributed by atoms with E-state index in [9.17, 15) is 0 Å². The maximum Gasteiger partial charge on any atom is 0.151 e. The van der Waals surface area contributed by atoms with Gasteiger partial charge in [0.15, 0.2) is 23.3 Å². The number of para-hydroxylation sites is 3. The number of H-pyrrole nitrogens is 2. The number of nitrogens with two attached hydrogens (primary N) is 4. The summed E-state index contributed by atoms with van der Waals surface area (Å²) >= 11 is 0. The summed E-state index contributed by atoms with van der Waals surface area (Å²) in [5.74, 6) is 3.76. The number of fused-ring (bicyclic) bond motifs is 9. The standard InChI is InChI=1S/C22H20N4.3C17H18N4.C7H6N2.C5H5N.C3H4N2.8C2H6/c23-22-21-20(24-14-25-22)19(13-26(21)16-9-2-1-3-10-16)18-12-6-8-15-7-4-5-11-17(15)18;3*1-21-9-14(15-16(21)17(18)20-10-19-15)13-8-4-6-11-5-2-3-7-12(11)13;1-2-4-7-6(3-1)8-5-9-7;1-2-4-6-5-3-1;1-2-4-5-3-1;8*1-2/h1-5,7,9-11,13-14,18H,6,8,12H2,(H2,23,24,25);3*2-3,5,7,9-10,13H,4,6,8H2,1H3,(H2,18,19,20);1-5H,(H,8,9);1-5H;1-3H,(H,4,5);8*1-2H3. The number of rotatable bonds is 5. The van der Waals surface area contributed by atoms with E-state index in [4.69, 9.17) is 22.9 Å². The number of aromatic amines is 2. The molecule has 10 N–H and O–H groups in total. The highest BCUT2D eigenvalue weighted by atomic mass is 15.1. The molecule has 0 saturated carbocycles. The largest absolute Gasteiger partial charge is 0.382 e. The monoisotopic (exact) mass is 1680 g/mol. The summed E-state index contributed by atoms with van der Waals surface area (Å²) < 4.78 is 8.29. The number of hydrogen-bond acceptors (Lipinski definition) is 15. The Morgan fingerprint density at radius 1 is 0.304 bits per heavy atom. The number of imidazole rings is 1. The average Bonchev–Trinajstić information content (AvgIpc) is 1.62. The van der Waals surface area contributed by atoms with E-state index in [2.05, 4.69) is 217 Å². The van der Waals surface area contributed by atoms with Crippen LogP contribution in [0, 0.1) is 0 Å². The Morgan fingerprint density at radius 2 is 0.616 bits per heavy atom. The number of pyridine rings is 1. The van der Waals surface area contributed by atoms with Crippen molar-refractivity contribution in [2.45, 2.75) is 212 Å². The van der Waals surface area contributed by atoms with Crippen LogP contribution in [0.1, 0.15) is 253 Å². The number of benzene rings is 6. The van der Waals surface area contributed by atoms with Crippen molar-refractivity contribution in [1.29, 1.82) is 0 Å². The molecule has 4 aliphatic rings. The number of nitrogens with zero attached hydrogens (tertiary/aromatic N) is 15. The molecule has 21 rings (SSSR count). The normalized spacial score (nSPS) is 14.3. The van der Waals surface area contributed by atoms with Crippen LogP contribution in [0.3, 0.4) is 0 Å². The molecule has 0 aliphatic heterocycles. The minimum Gasteiger partial charge on any atom is -0.382 e. The van der Waals surface area contributed by atoms with E-state index >= 15 is 0 Å². The first-order chi connectivity index (χ1) is 61.6. The molecule has 0 amide bonds. The highest BCUT2D eigenvalue weighted by Gasteiger charge is 2.31. The first kappa shape index (κ1) is 98.9. The summed E-state index contributed by atoms with van der Waals surface area (Å²) in [7, 11) is 6.04. The van der Waals surface area contributed by atoms with Crippen LogP contribution in [-0.2, 0) is 46.8 Å². The highest BCUT2D eigenvalue weighted by molar-refractivity contribution is 5.92. The lowest BCUT2D eigenvalue weighted by atomic mass is 9.79. The Balaban J connectivity index is 0.000000203. The van der Waals surface area contributed by atoms with Crippen LogP contribution in [-0.4, -0.2) is 83.3 Å². The molecule has 21 nitrogen and oxygen atoms in total. The smallest absolute Gasteiger partial charge is 0.151 e. The molecular formula is C104H137N21. The molecule has 4 aliphatic carbocycles. The third-order valence-corrected chi connectivity index (χ3v) is 21.4. The topological polar surface area (TPSA) is 297 Å². The number of aryl methyl sites for hydroxylation is 7. The maximum absolute atomic E-state index is 6.26. The van der Waals surface area contributed by atoms with Gasteiger partial charge in [-0.2, -0.15) is 5.10 Å². The quantitative estimate of drug-likeness (QED) is 0.0933. The third kappa shape index (κ3) is 24.6. The van der Waals surface area contributed by atoms with Crippen molar-refractivity contribution in [2.75, 3.05) is 22.9 Å². The molecule has 0 bridgehead atoms. The summed E-state index contributed by atoms with van der Waals surface area (Å²) in [6.45, 7) is 32.0. The van der Waals surface area contributed by atoms with Gasteiger partial charge in [0.2, 0.25) is 0 Å². The molecule has 4 unspecified atom stereocenters. The summed E-state index contributed by atoms with van der Waals surface area (Å²) in [6.07, 6.45) is 37.8. The SMILES string of the molecule is CC.CC.CC.CC.CC.CC.CC.CC.Cn1cc(C2CCCc3ccccc32)c2ncnc(N)c21.Cn1cc(C2CCCc3ccccc32)c2ncnc(N)c21.Cn1cc(C2CCCc3ccccc32)c2ncnc(N)c21.Nc1ncnc2c(C3CCCc4ccccc43)cn(-c3ccccc3)c12.c1ccc2[nH]cnc2c1.c1ccncc1.c1cn[nH]c1. The van der Waals surface area contributed by atoms with Crippen LogP contribution in [0.15, 0.2) is 257 Å². The zero-order valence-electron chi connectivity index (χ0n) is 77.6. The van der Waals surface area contributed by atoms with Gasteiger partial charge in [0.05, 0.1) is 39.4 Å². The fourth-order valence-electron chi connectivity index (χ4n) is 16.5. The Morgan fingerprint density at radius 3 is 0.928 bits per heavy atom. The first-order valence-corrected chi connectivity index (χ1v) is 45.4. The van der Waals surface area contributed by atoms with Gasteiger partial charge in [-0.1, -0.05) is 244 Å².